The van der Waals surface area contributed by atoms with Gasteiger partial charge in [0.25, 0.3) is 0 Å². The molecule has 82 valence electrons. The Bertz CT molecular complexity index is 354. The SMILES string of the molecule is Cc1ccccc1NC1CCS(=O)CC1. The van der Waals surface area contributed by atoms with Gasteiger partial charge in [-0.05, 0) is 31.4 Å². The summed E-state index contributed by atoms with van der Waals surface area (Å²) in [7, 11) is -0.564. The number of rotatable bonds is 2. The fourth-order valence-electron chi connectivity index (χ4n) is 1.89. The third-order valence-corrected chi connectivity index (χ3v) is 4.27. The Morgan fingerprint density at radius 1 is 1.27 bits per heavy atom. The smallest absolute Gasteiger partial charge is 0.0372 e. The summed E-state index contributed by atoms with van der Waals surface area (Å²) < 4.78 is 11.2. The first-order valence-corrected chi connectivity index (χ1v) is 6.91. The third kappa shape index (κ3) is 2.81. The van der Waals surface area contributed by atoms with Crippen molar-refractivity contribution in [2.75, 3.05) is 16.8 Å². The summed E-state index contributed by atoms with van der Waals surface area (Å²) in [6.45, 7) is 2.11. The van der Waals surface area contributed by atoms with Crippen LogP contribution in [-0.2, 0) is 10.8 Å². The van der Waals surface area contributed by atoms with Crippen LogP contribution in [0.25, 0.3) is 0 Å². The summed E-state index contributed by atoms with van der Waals surface area (Å²) in [4.78, 5) is 0. The van der Waals surface area contributed by atoms with Crippen LogP contribution in [0, 0.1) is 6.92 Å². The van der Waals surface area contributed by atoms with Crippen molar-refractivity contribution in [2.45, 2.75) is 25.8 Å². The van der Waals surface area contributed by atoms with E-state index in [0.29, 0.717) is 6.04 Å². The summed E-state index contributed by atoms with van der Waals surface area (Å²) in [6, 6.07) is 8.83. The molecule has 1 aliphatic heterocycles. The molecule has 2 nitrogen and oxygen atoms in total. The van der Waals surface area contributed by atoms with E-state index in [1.807, 2.05) is 0 Å². The van der Waals surface area contributed by atoms with Gasteiger partial charge in [-0.25, -0.2) is 0 Å². The van der Waals surface area contributed by atoms with E-state index in [4.69, 9.17) is 0 Å². The molecule has 3 heteroatoms. The van der Waals surface area contributed by atoms with Gasteiger partial charge in [0, 0.05) is 34.0 Å². The second-order valence-corrected chi connectivity index (χ2v) is 5.78. The van der Waals surface area contributed by atoms with Crippen LogP contribution in [0.3, 0.4) is 0 Å². The molecule has 0 aromatic heterocycles. The van der Waals surface area contributed by atoms with Gasteiger partial charge in [0.05, 0.1) is 0 Å². The summed E-state index contributed by atoms with van der Waals surface area (Å²) in [5, 5.41) is 3.54. The maximum Gasteiger partial charge on any atom is 0.0372 e. The molecule has 0 radical (unpaired) electrons. The molecular formula is C12H17NOS. The zero-order chi connectivity index (χ0) is 10.7. The van der Waals surface area contributed by atoms with Crippen molar-refractivity contribution in [3.8, 4) is 0 Å². The number of hydrogen-bond acceptors (Lipinski definition) is 2. The number of nitrogens with one attached hydrogen (secondary N) is 1. The largest absolute Gasteiger partial charge is 0.382 e. The van der Waals surface area contributed by atoms with Gasteiger partial charge in [-0.1, -0.05) is 18.2 Å². The Labute approximate surface area is 93.5 Å². The second kappa shape index (κ2) is 4.79. The van der Waals surface area contributed by atoms with Crippen LogP contribution in [0.2, 0.25) is 0 Å². The van der Waals surface area contributed by atoms with Crippen LogP contribution >= 0.6 is 0 Å². The van der Waals surface area contributed by atoms with Gasteiger partial charge in [0.1, 0.15) is 0 Å². The number of aryl methyl sites for hydroxylation is 1. The predicted molar refractivity (Wildman–Crippen MR) is 65.7 cm³/mol. The first-order valence-electron chi connectivity index (χ1n) is 5.43. The van der Waals surface area contributed by atoms with E-state index >= 15 is 0 Å². The first kappa shape index (κ1) is 10.7. The molecule has 0 atom stereocenters. The molecule has 0 unspecified atom stereocenters. The van der Waals surface area contributed by atoms with Gasteiger partial charge < -0.3 is 5.32 Å². The van der Waals surface area contributed by atoms with Crippen molar-refractivity contribution in [2.24, 2.45) is 0 Å². The van der Waals surface area contributed by atoms with Crippen LogP contribution in [-0.4, -0.2) is 21.8 Å². The summed E-state index contributed by atoms with van der Waals surface area (Å²) in [6.07, 6.45) is 2.06. The normalized spacial score (nSPS) is 26.2. The van der Waals surface area contributed by atoms with Gasteiger partial charge in [-0.3, -0.25) is 4.21 Å². The molecule has 2 rings (SSSR count). The molecule has 0 spiro atoms. The van der Waals surface area contributed by atoms with Gasteiger partial charge in [0.2, 0.25) is 0 Å². The number of para-hydroxylation sites is 1. The lowest BCUT2D eigenvalue weighted by Gasteiger charge is -2.24. The minimum Gasteiger partial charge on any atom is -0.382 e. The standard InChI is InChI=1S/C12H17NOS/c1-10-4-2-3-5-12(10)13-11-6-8-15(14)9-7-11/h2-5,11,13H,6-9H2,1H3. The maximum absolute atomic E-state index is 11.2. The number of anilines is 1. The van der Waals surface area contributed by atoms with Crippen LogP contribution < -0.4 is 5.32 Å². The minimum atomic E-state index is -0.564. The Balaban J connectivity index is 1.97. The second-order valence-electron chi connectivity index (χ2n) is 4.08. The fourth-order valence-corrected chi connectivity index (χ4v) is 3.19. The molecule has 1 aliphatic rings. The van der Waals surface area contributed by atoms with E-state index in [9.17, 15) is 4.21 Å². The summed E-state index contributed by atoms with van der Waals surface area (Å²) >= 11 is 0. The molecule has 1 aromatic rings. The average Bonchev–Trinajstić information content (AvgIpc) is 2.25. The van der Waals surface area contributed by atoms with Crippen LogP contribution in [0.4, 0.5) is 5.69 Å². The molecule has 1 heterocycles. The number of hydrogen-bond donors (Lipinski definition) is 1. The summed E-state index contributed by atoms with van der Waals surface area (Å²) in [5.41, 5.74) is 2.50. The molecule has 0 bridgehead atoms. The highest BCUT2D eigenvalue weighted by Crippen LogP contribution is 2.19. The van der Waals surface area contributed by atoms with Gasteiger partial charge in [0.15, 0.2) is 0 Å². The molecule has 1 saturated heterocycles. The Morgan fingerprint density at radius 3 is 2.60 bits per heavy atom. The Hall–Kier alpha value is -0.830. The average molecular weight is 223 g/mol. The monoisotopic (exact) mass is 223 g/mol. The Morgan fingerprint density at radius 2 is 1.93 bits per heavy atom. The van der Waals surface area contributed by atoms with E-state index in [2.05, 4.69) is 36.5 Å². The molecule has 15 heavy (non-hydrogen) atoms. The highest BCUT2D eigenvalue weighted by molar-refractivity contribution is 7.85. The van der Waals surface area contributed by atoms with E-state index in [1.54, 1.807) is 0 Å². The van der Waals surface area contributed by atoms with Gasteiger partial charge >= 0.3 is 0 Å². The van der Waals surface area contributed by atoms with Gasteiger partial charge in [-0.15, -0.1) is 0 Å². The van der Waals surface area contributed by atoms with Gasteiger partial charge in [-0.2, -0.15) is 0 Å². The number of benzene rings is 1. The van der Waals surface area contributed by atoms with Crippen molar-refractivity contribution in [1.29, 1.82) is 0 Å². The Kier molecular flexibility index (Phi) is 3.41. The highest BCUT2D eigenvalue weighted by atomic mass is 32.2. The van der Waals surface area contributed by atoms with Crippen LogP contribution in [0.5, 0.6) is 0 Å². The predicted octanol–water partition coefficient (Wildman–Crippen LogP) is 2.32. The van der Waals surface area contributed by atoms with E-state index in [1.165, 1.54) is 11.3 Å². The fraction of sp³-hybridized carbons (Fsp3) is 0.500. The third-order valence-electron chi connectivity index (χ3n) is 2.89. The van der Waals surface area contributed by atoms with Crippen molar-refractivity contribution in [3.63, 3.8) is 0 Å². The molecule has 1 aromatic carbocycles. The first-order chi connectivity index (χ1) is 7.25. The zero-order valence-electron chi connectivity index (χ0n) is 9.03. The van der Waals surface area contributed by atoms with Crippen LogP contribution in [0.15, 0.2) is 24.3 Å². The lowest BCUT2D eigenvalue weighted by atomic mass is 10.1. The van der Waals surface area contributed by atoms with Crippen molar-refractivity contribution in [1.82, 2.24) is 0 Å². The lowest BCUT2D eigenvalue weighted by molar-refractivity contribution is 0.624. The zero-order valence-corrected chi connectivity index (χ0v) is 9.85. The van der Waals surface area contributed by atoms with E-state index in [0.717, 1.165) is 24.3 Å². The van der Waals surface area contributed by atoms with Crippen molar-refractivity contribution < 1.29 is 4.21 Å². The quantitative estimate of drug-likeness (QED) is 0.833. The van der Waals surface area contributed by atoms with Crippen molar-refractivity contribution in [3.05, 3.63) is 29.8 Å². The molecule has 0 aliphatic carbocycles. The van der Waals surface area contributed by atoms with Crippen LogP contribution in [0.1, 0.15) is 18.4 Å². The maximum atomic E-state index is 11.2. The topological polar surface area (TPSA) is 29.1 Å². The molecule has 1 fully saturated rings. The van der Waals surface area contributed by atoms with Crippen molar-refractivity contribution >= 4 is 16.5 Å². The minimum absolute atomic E-state index is 0.504. The summed E-state index contributed by atoms with van der Waals surface area (Å²) in [5.74, 6) is 1.70. The highest BCUT2D eigenvalue weighted by Gasteiger charge is 2.17. The molecule has 0 amide bonds. The van der Waals surface area contributed by atoms with E-state index < -0.39 is 10.8 Å². The lowest BCUT2D eigenvalue weighted by Crippen LogP contribution is -2.29. The molecule has 0 saturated carbocycles. The molecule has 1 N–H and O–H groups in total. The molecular weight excluding hydrogens is 206 g/mol. The van der Waals surface area contributed by atoms with E-state index in [-0.39, 0.29) is 0 Å².